The van der Waals surface area contributed by atoms with Gasteiger partial charge >= 0.3 is 0 Å². The number of aromatic nitrogens is 3. The van der Waals surface area contributed by atoms with Gasteiger partial charge in [-0.3, -0.25) is 0 Å². The van der Waals surface area contributed by atoms with Crippen LogP contribution in [0.5, 0.6) is 0 Å². The lowest BCUT2D eigenvalue weighted by Gasteiger charge is -2.10. The summed E-state index contributed by atoms with van der Waals surface area (Å²) in [4.78, 5) is 13.7. The number of hydrogen-bond acceptors (Lipinski definition) is 5. The largest absolute Gasteiger partial charge is 0.324 e. The zero-order chi connectivity index (χ0) is 18.3. The van der Waals surface area contributed by atoms with Crippen LogP contribution in [0.3, 0.4) is 0 Å². The molecule has 0 amide bonds. The lowest BCUT2D eigenvalue weighted by atomic mass is 10.1. The molecular formula is C22H19N5. The highest BCUT2D eigenvalue weighted by molar-refractivity contribution is 5.57. The Morgan fingerprint density at radius 2 is 0.963 bits per heavy atom. The quantitative estimate of drug-likeness (QED) is 0.513. The molecule has 0 saturated heterocycles. The zero-order valence-corrected chi connectivity index (χ0v) is 14.7. The summed E-state index contributed by atoms with van der Waals surface area (Å²) in [6.07, 6.45) is 0.635. The molecule has 5 heteroatoms. The van der Waals surface area contributed by atoms with Crippen molar-refractivity contribution in [2.45, 2.75) is 6.42 Å². The molecule has 2 N–H and O–H groups in total. The van der Waals surface area contributed by atoms with Crippen LogP contribution >= 0.6 is 0 Å². The molecule has 0 saturated carbocycles. The highest BCUT2D eigenvalue weighted by Gasteiger charge is 2.08. The Hall–Kier alpha value is -3.73. The molecule has 5 nitrogen and oxygen atoms in total. The predicted octanol–water partition coefficient (Wildman–Crippen LogP) is 4.95. The Morgan fingerprint density at radius 3 is 1.44 bits per heavy atom. The van der Waals surface area contributed by atoms with Gasteiger partial charge in [0, 0.05) is 17.8 Å². The summed E-state index contributed by atoms with van der Waals surface area (Å²) in [5, 5.41) is 6.51. The molecule has 27 heavy (non-hydrogen) atoms. The molecular weight excluding hydrogens is 334 g/mol. The van der Waals surface area contributed by atoms with Gasteiger partial charge in [-0.05, 0) is 29.8 Å². The molecule has 0 aliphatic rings. The van der Waals surface area contributed by atoms with Crippen LogP contribution in [0.2, 0.25) is 0 Å². The molecule has 0 unspecified atom stereocenters. The van der Waals surface area contributed by atoms with E-state index in [9.17, 15) is 0 Å². The molecule has 0 aliphatic heterocycles. The van der Waals surface area contributed by atoms with Crippen LogP contribution in [0.25, 0.3) is 0 Å². The molecule has 0 spiro atoms. The van der Waals surface area contributed by atoms with E-state index in [0.717, 1.165) is 16.9 Å². The van der Waals surface area contributed by atoms with Gasteiger partial charge < -0.3 is 10.6 Å². The highest BCUT2D eigenvalue weighted by atomic mass is 15.2. The Labute approximate surface area is 158 Å². The Bertz CT molecular complexity index is 844. The van der Waals surface area contributed by atoms with E-state index in [0.29, 0.717) is 24.1 Å². The molecule has 4 rings (SSSR count). The standard InChI is InChI=1S/C22H19N5/c1-4-10-17(11-5-1)16-20-25-21(23-18-12-6-2-7-13-18)27-22(26-20)24-19-14-8-3-9-15-19/h1-15H,16H2,(H2,23,24,25,26,27). The fourth-order valence-corrected chi connectivity index (χ4v) is 2.69. The first kappa shape index (κ1) is 16.7. The Kier molecular flexibility index (Phi) is 5.02. The first-order valence-corrected chi connectivity index (χ1v) is 8.78. The van der Waals surface area contributed by atoms with Crippen molar-refractivity contribution in [1.29, 1.82) is 0 Å². The van der Waals surface area contributed by atoms with Gasteiger partial charge in [0.25, 0.3) is 0 Å². The van der Waals surface area contributed by atoms with E-state index in [1.54, 1.807) is 0 Å². The van der Waals surface area contributed by atoms with Gasteiger partial charge in [0.2, 0.25) is 11.9 Å². The van der Waals surface area contributed by atoms with E-state index < -0.39 is 0 Å². The third-order valence-corrected chi connectivity index (χ3v) is 3.95. The van der Waals surface area contributed by atoms with E-state index in [2.05, 4.69) is 37.7 Å². The van der Waals surface area contributed by atoms with Crippen molar-refractivity contribution in [3.8, 4) is 0 Å². The van der Waals surface area contributed by atoms with Crippen LogP contribution < -0.4 is 10.6 Å². The maximum absolute atomic E-state index is 4.59. The topological polar surface area (TPSA) is 62.7 Å². The molecule has 132 valence electrons. The molecule has 0 fully saturated rings. The summed E-state index contributed by atoms with van der Waals surface area (Å²) in [6.45, 7) is 0. The fourth-order valence-electron chi connectivity index (χ4n) is 2.69. The Morgan fingerprint density at radius 1 is 0.519 bits per heavy atom. The maximum atomic E-state index is 4.59. The van der Waals surface area contributed by atoms with Gasteiger partial charge in [0.05, 0.1) is 0 Å². The normalized spacial score (nSPS) is 10.4. The van der Waals surface area contributed by atoms with Crippen LogP contribution in [0.1, 0.15) is 11.4 Å². The van der Waals surface area contributed by atoms with Crippen LogP contribution in [-0.4, -0.2) is 15.0 Å². The second-order valence-electron chi connectivity index (χ2n) is 6.04. The van der Waals surface area contributed by atoms with Crippen LogP contribution in [-0.2, 0) is 6.42 Å². The van der Waals surface area contributed by atoms with Gasteiger partial charge in [0.1, 0.15) is 5.82 Å². The van der Waals surface area contributed by atoms with Gasteiger partial charge in [-0.1, -0.05) is 66.7 Å². The van der Waals surface area contributed by atoms with Gasteiger partial charge in [-0.15, -0.1) is 0 Å². The van der Waals surface area contributed by atoms with Crippen LogP contribution in [0, 0.1) is 0 Å². The molecule has 0 aliphatic carbocycles. The number of nitrogens with one attached hydrogen (secondary N) is 2. The molecule has 0 bridgehead atoms. The third-order valence-electron chi connectivity index (χ3n) is 3.95. The van der Waals surface area contributed by atoms with Crippen molar-refractivity contribution < 1.29 is 0 Å². The maximum Gasteiger partial charge on any atom is 0.232 e. The summed E-state index contributed by atoms with van der Waals surface area (Å²) in [6, 6.07) is 29.9. The monoisotopic (exact) mass is 353 g/mol. The van der Waals surface area contributed by atoms with Crippen molar-refractivity contribution in [2.24, 2.45) is 0 Å². The van der Waals surface area contributed by atoms with E-state index in [1.165, 1.54) is 0 Å². The smallest absolute Gasteiger partial charge is 0.232 e. The summed E-state index contributed by atoms with van der Waals surface area (Å²) in [5.74, 6) is 1.73. The van der Waals surface area contributed by atoms with E-state index in [1.807, 2.05) is 78.9 Å². The molecule has 0 atom stereocenters. The minimum Gasteiger partial charge on any atom is -0.324 e. The summed E-state index contributed by atoms with van der Waals surface area (Å²) >= 11 is 0. The minimum atomic E-state index is 0.514. The number of anilines is 4. The molecule has 3 aromatic carbocycles. The van der Waals surface area contributed by atoms with Crippen molar-refractivity contribution in [3.05, 3.63) is 102 Å². The second kappa shape index (κ2) is 8.10. The van der Waals surface area contributed by atoms with Crippen LogP contribution in [0.4, 0.5) is 23.3 Å². The number of benzene rings is 3. The summed E-state index contributed by atoms with van der Waals surface area (Å²) in [7, 11) is 0. The average molecular weight is 353 g/mol. The van der Waals surface area contributed by atoms with Crippen molar-refractivity contribution in [1.82, 2.24) is 15.0 Å². The highest BCUT2D eigenvalue weighted by Crippen LogP contribution is 2.18. The molecule has 1 heterocycles. The number of hydrogen-bond donors (Lipinski definition) is 2. The number of nitrogens with zero attached hydrogens (tertiary/aromatic N) is 3. The number of rotatable bonds is 6. The van der Waals surface area contributed by atoms with E-state index in [-0.39, 0.29) is 0 Å². The lowest BCUT2D eigenvalue weighted by molar-refractivity contribution is 0.932. The van der Waals surface area contributed by atoms with Crippen molar-refractivity contribution in [2.75, 3.05) is 10.6 Å². The van der Waals surface area contributed by atoms with Gasteiger partial charge in [-0.2, -0.15) is 15.0 Å². The average Bonchev–Trinajstić information content (AvgIpc) is 2.70. The third kappa shape index (κ3) is 4.67. The van der Waals surface area contributed by atoms with Crippen molar-refractivity contribution >= 4 is 23.3 Å². The van der Waals surface area contributed by atoms with Crippen LogP contribution in [0.15, 0.2) is 91.0 Å². The SMILES string of the molecule is c1ccc(Cc2nc(Nc3ccccc3)nc(Nc3ccccc3)n2)cc1. The lowest BCUT2D eigenvalue weighted by Crippen LogP contribution is -2.08. The summed E-state index contributed by atoms with van der Waals surface area (Å²) in [5.41, 5.74) is 3.01. The molecule has 1 aromatic heterocycles. The van der Waals surface area contributed by atoms with Crippen molar-refractivity contribution in [3.63, 3.8) is 0 Å². The molecule has 4 aromatic rings. The first-order chi connectivity index (χ1) is 13.3. The zero-order valence-electron chi connectivity index (χ0n) is 14.7. The van der Waals surface area contributed by atoms with Gasteiger partial charge in [-0.25, -0.2) is 0 Å². The predicted molar refractivity (Wildman–Crippen MR) is 109 cm³/mol. The van der Waals surface area contributed by atoms with Gasteiger partial charge in [0.15, 0.2) is 0 Å². The fraction of sp³-hybridized carbons (Fsp3) is 0.0455. The van der Waals surface area contributed by atoms with E-state index in [4.69, 9.17) is 0 Å². The number of para-hydroxylation sites is 2. The second-order valence-corrected chi connectivity index (χ2v) is 6.04. The van der Waals surface area contributed by atoms with E-state index >= 15 is 0 Å². The Balaban J connectivity index is 1.64. The minimum absolute atomic E-state index is 0.514. The first-order valence-electron chi connectivity index (χ1n) is 8.78. The molecule has 0 radical (unpaired) electrons. The summed E-state index contributed by atoms with van der Waals surface area (Å²) < 4.78 is 0.